The van der Waals surface area contributed by atoms with Crippen LogP contribution >= 0.6 is 0 Å². The molecule has 3 nitrogen and oxygen atoms in total. The van der Waals surface area contributed by atoms with Crippen LogP contribution in [0.3, 0.4) is 0 Å². The summed E-state index contributed by atoms with van der Waals surface area (Å²) in [6.07, 6.45) is 6.04. The zero-order chi connectivity index (χ0) is 14.3. The summed E-state index contributed by atoms with van der Waals surface area (Å²) >= 11 is 0. The number of rotatable bonds is 8. The van der Waals surface area contributed by atoms with Gasteiger partial charge >= 0.3 is 0 Å². The second-order valence-electron chi connectivity index (χ2n) is 6.79. The summed E-state index contributed by atoms with van der Waals surface area (Å²) in [4.78, 5) is 0. The van der Waals surface area contributed by atoms with Crippen molar-refractivity contribution in [1.82, 2.24) is 5.32 Å². The Kier molecular flexibility index (Phi) is 7.96. The molecule has 0 aromatic rings. The van der Waals surface area contributed by atoms with Gasteiger partial charge in [-0.05, 0) is 50.9 Å². The van der Waals surface area contributed by atoms with Crippen LogP contribution in [0.15, 0.2) is 0 Å². The normalized spacial score (nSPS) is 27.5. The first-order valence-corrected chi connectivity index (χ1v) is 8.00. The third-order valence-corrected chi connectivity index (χ3v) is 4.03. The Morgan fingerprint density at radius 2 is 1.79 bits per heavy atom. The fourth-order valence-corrected chi connectivity index (χ4v) is 2.83. The van der Waals surface area contributed by atoms with Crippen LogP contribution in [0.2, 0.25) is 0 Å². The third-order valence-electron chi connectivity index (χ3n) is 4.03. The van der Waals surface area contributed by atoms with Gasteiger partial charge in [0.1, 0.15) is 0 Å². The first-order valence-electron chi connectivity index (χ1n) is 8.00. The molecule has 114 valence electrons. The van der Waals surface area contributed by atoms with Crippen LogP contribution in [0.1, 0.15) is 59.8 Å². The first kappa shape index (κ1) is 16.9. The van der Waals surface area contributed by atoms with Gasteiger partial charge in [0.2, 0.25) is 0 Å². The van der Waals surface area contributed by atoms with E-state index in [9.17, 15) is 5.11 Å². The Morgan fingerprint density at radius 1 is 1.16 bits per heavy atom. The Balaban J connectivity index is 2.06. The lowest BCUT2D eigenvalue weighted by Gasteiger charge is -2.28. The minimum Gasteiger partial charge on any atom is -0.389 e. The highest BCUT2D eigenvalue weighted by atomic mass is 16.5. The Labute approximate surface area is 119 Å². The molecule has 1 fully saturated rings. The summed E-state index contributed by atoms with van der Waals surface area (Å²) in [5.41, 5.74) is 0. The van der Waals surface area contributed by atoms with Crippen molar-refractivity contribution in [2.24, 2.45) is 11.8 Å². The largest absolute Gasteiger partial charge is 0.389 e. The van der Waals surface area contributed by atoms with E-state index >= 15 is 0 Å². The lowest BCUT2D eigenvalue weighted by atomic mass is 9.87. The minimum absolute atomic E-state index is 0.241. The molecule has 0 radical (unpaired) electrons. The molecule has 3 heteroatoms. The van der Waals surface area contributed by atoms with E-state index in [1.165, 1.54) is 25.7 Å². The van der Waals surface area contributed by atoms with Crippen LogP contribution in [0, 0.1) is 11.8 Å². The van der Waals surface area contributed by atoms with E-state index in [1.807, 2.05) is 0 Å². The van der Waals surface area contributed by atoms with Crippen LogP contribution in [0.5, 0.6) is 0 Å². The maximum Gasteiger partial charge on any atom is 0.0897 e. The molecule has 0 spiro atoms. The van der Waals surface area contributed by atoms with Gasteiger partial charge in [0.05, 0.1) is 18.8 Å². The first-order chi connectivity index (χ1) is 8.97. The van der Waals surface area contributed by atoms with E-state index in [1.54, 1.807) is 0 Å². The minimum atomic E-state index is -0.381. The summed E-state index contributed by atoms with van der Waals surface area (Å²) in [7, 11) is 0. The highest BCUT2D eigenvalue weighted by molar-refractivity contribution is 4.76. The van der Waals surface area contributed by atoms with Crippen LogP contribution in [0.4, 0.5) is 0 Å². The van der Waals surface area contributed by atoms with Crippen LogP contribution < -0.4 is 5.32 Å². The molecule has 19 heavy (non-hydrogen) atoms. The number of ether oxygens (including phenoxy) is 1. The van der Waals surface area contributed by atoms with E-state index in [0.717, 1.165) is 12.3 Å². The Morgan fingerprint density at radius 3 is 2.37 bits per heavy atom. The van der Waals surface area contributed by atoms with Gasteiger partial charge in [-0.2, -0.15) is 0 Å². The SMILES string of the molecule is CC(C)CC(C)OCC(O)CNC1CCC(C)CC1. The second kappa shape index (κ2) is 8.93. The molecule has 2 unspecified atom stereocenters. The molecular weight excluding hydrogens is 238 g/mol. The molecule has 1 rings (SSSR count). The van der Waals surface area contributed by atoms with E-state index in [2.05, 4.69) is 33.0 Å². The topological polar surface area (TPSA) is 41.5 Å². The van der Waals surface area contributed by atoms with Crippen molar-refractivity contribution in [3.8, 4) is 0 Å². The maximum absolute atomic E-state index is 9.93. The van der Waals surface area contributed by atoms with Gasteiger partial charge in [0.25, 0.3) is 0 Å². The van der Waals surface area contributed by atoms with Crippen LogP contribution in [0.25, 0.3) is 0 Å². The molecule has 2 atom stereocenters. The van der Waals surface area contributed by atoms with Gasteiger partial charge < -0.3 is 15.2 Å². The zero-order valence-corrected chi connectivity index (χ0v) is 13.2. The predicted octanol–water partition coefficient (Wildman–Crippen LogP) is 2.97. The van der Waals surface area contributed by atoms with Crippen molar-refractivity contribution < 1.29 is 9.84 Å². The van der Waals surface area contributed by atoms with Crippen molar-refractivity contribution in [3.63, 3.8) is 0 Å². The highest BCUT2D eigenvalue weighted by Gasteiger charge is 2.18. The van der Waals surface area contributed by atoms with Gasteiger partial charge in [-0.15, -0.1) is 0 Å². The summed E-state index contributed by atoms with van der Waals surface area (Å²) in [6.45, 7) is 9.92. The summed E-state index contributed by atoms with van der Waals surface area (Å²) in [5, 5.41) is 13.4. The summed E-state index contributed by atoms with van der Waals surface area (Å²) in [5.74, 6) is 1.53. The number of aliphatic hydroxyl groups is 1. The van der Waals surface area contributed by atoms with Crippen LogP contribution in [-0.2, 0) is 4.74 Å². The average molecular weight is 271 g/mol. The number of hydrogen-bond acceptors (Lipinski definition) is 3. The predicted molar refractivity (Wildman–Crippen MR) is 80.3 cm³/mol. The monoisotopic (exact) mass is 271 g/mol. The average Bonchev–Trinajstić information content (AvgIpc) is 2.35. The second-order valence-corrected chi connectivity index (χ2v) is 6.79. The quantitative estimate of drug-likeness (QED) is 0.713. The van der Waals surface area contributed by atoms with Crippen molar-refractivity contribution in [2.45, 2.75) is 78.0 Å². The molecule has 0 bridgehead atoms. The summed E-state index contributed by atoms with van der Waals surface area (Å²) < 4.78 is 5.68. The van der Waals surface area contributed by atoms with E-state index in [0.29, 0.717) is 25.1 Å². The fourth-order valence-electron chi connectivity index (χ4n) is 2.83. The molecule has 0 amide bonds. The smallest absolute Gasteiger partial charge is 0.0897 e. The van der Waals surface area contributed by atoms with Crippen molar-refractivity contribution >= 4 is 0 Å². The standard InChI is InChI=1S/C16H33NO2/c1-12(2)9-14(4)19-11-16(18)10-17-15-7-5-13(3)6-8-15/h12-18H,5-11H2,1-4H3. The molecule has 1 aliphatic rings. The lowest BCUT2D eigenvalue weighted by molar-refractivity contribution is -0.00970. The molecule has 0 aliphatic heterocycles. The lowest BCUT2D eigenvalue weighted by Crippen LogP contribution is -2.39. The Bertz CT molecular complexity index is 225. The molecule has 0 aromatic heterocycles. The number of nitrogens with one attached hydrogen (secondary N) is 1. The van der Waals surface area contributed by atoms with E-state index < -0.39 is 0 Å². The van der Waals surface area contributed by atoms with Crippen molar-refractivity contribution in [1.29, 1.82) is 0 Å². The van der Waals surface area contributed by atoms with E-state index in [-0.39, 0.29) is 12.2 Å². The molecule has 1 aliphatic carbocycles. The molecule has 0 saturated heterocycles. The highest BCUT2D eigenvalue weighted by Crippen LogP contribution is 2.23. The maximum atomic E-state index is 9.93. The van der Waals surface area contributed by atoms with Crippen molar-refractivity contribution in [3.05, 3.63) is 0 Å². The number of hydrogen-bond donors (Lipinski definition) is 2. The number of aliphatic hydroxyl groups excluding tert-OH is 1. The van der Waals surface area contributed by atoms with Crippen LogP contribution in [-0.4, -0.2) is 36.5 Å². The molecule has 2 N–H and O–H groups in total. The van der Waals surface area contributed by atoms with E-state index in [4.69, 9.17) is 4.74 Å². The van der Waals surface area contributed by atoms with Gasteiger partial charge in [-0.3, -0.25) is 0 Å². The van der Waals surface area contributed by atoms with Crippen molar-refractivity contribution in [2.75, 3.05) is 13.2 Å². The summed E-state index contributed by atoms with van der Waals surface area (Å²) in [6, 6.07) is 0.596. The van der Waals surface area contributed by atoms with Gasteiger partial charge in [-0.25, -0.2) is 0 Å². The van der Waals surface area contributed by atoms with Gasteiger partial charge in [0.15, 0.2) is 0 Å². The zero-order valence-electron chi connectivity index (χ0n) is 13.2. The molecule has 0 aromatic carbocycles. The molecule has 1 saturated carbocycles. The Hall–Kier alpha value is -0.120. The van der Waals surface area contributed by atoms with Gasteiger partial charge in [-0.1, -0.05) is 20.8 Å². The van der Waals surface area contributed by atoms with Gasteiger partial charge in [0, 0.05) is 12.6 Å². The fraction of sp³-hybridized carbons (Fsp3) is 1.00. The third kappa shape index (κ3) is 7.91. The molecule has 0 heterocycles. The molecular formula is C16H33NO2.